The third kappa shape index (κ3) is 5.41. The maximum absolute atomic E-state index is 13.5. The van der Waals surface area contributed by atoms with Crippen LogP contribution in [0.1, 0.15) is 35.5 Å². The quantitative estimate of drug-likeness (QED) is 0.261. The molecule has 1 N–H and O–H groups in total. The number of hydrogen-bond acceptors (Lipinski definition) is 4. The molecule has 0 amide bonds. The van der Waals surface area contributed by atoms with Crippen molar-refractivity contribution in [3.8, 4) is 17.2 Å². The lowest BCUT2D eigenvalue weighted by Gasteiger charge is -2.22. The number of aliphatic carboxylic acids is 1. The van der Waals surface area contributed by atoms with Crippen molar-refractivity contribution < 1.29 is 37.3 Å². The monoisotopic (exact) mass is 531 g/mol. The van der Waals surface area contributed by atoms with Crippen LogP contribution in [0, 0.1) is 6.92 Å². The maximum Gasteiger partial charge on any atom is 0.573 e. The number of alkyl halides is 3. The van der Waals surface area contributed by atoms with Crippen LogP contribution in [0.4, 0.5) is 13.2 Å². The van der Waals surface area contributed by atoms with Gasteiger partial charge in [0, 0.05) is 39.5 Å². The number of fused-ring (bicyclic) bond motifs is 1. The first-order valence-electron chi connectivity index (χ1n) is 11.0. The van der Waals surface area contributed by atoms with E-state index >= 15 is 0 Å². The zero-order chi connectivity index (χ0) is 27.1. The van der Waals surface area contributed by atoms with Crippen LogP contribution in [0.2, 0.25) is 5.02 Å². The summed E-state index contributed by atoms with van der Waals surface area (Å²) in [5, 5.41) is 10.3. The minimum atomic E-state index is -4.90. The summed E-state index contributed by atoms with van der Waals surface area (Å²) in [5.74, 6) is -1.75. The van der Waals surface area contributed by atoms with Crippen molar-refractivity contribution in [2.75, 3.05) is 0 Å². The summed E-state index contributed by atoms with van der Waals surface area (Å²) in [4.78, 5) is 25.0. The second-order valence-corrected chi connectivity index (χ2v) is 9.21. The van der Waals surface area contributed by atoms with Gasteiger partial charge in [-0.2, -0.15) is 0 Å². The second-order valence-electron chi connectivity index (χ2n) is 8.77. The zero-order valence-corrected chi connectivity index (χ0v) is 20.6. The van der Waals surface area contributed by atoms with E-state index in [-0.39, 0.29) is 22.6 Å². The third-order valence-corrected chi connectivity index (χ3v) is 5.96. The van der Waals surface area contributed by atoms with Crippen LogP contribution in [0.3, 0.4) is 0 Å². The van der Waals surface area contributed by atoms with Crippen LogP contribution in [0.15, 0.2) is 66.7 Å². The van der Waals surface area contributed by atoms with Crippen molar-refractivity contribution in [1.82, 2.24) is 4.57 Å². The van der Waals surface area contributed by atoms with Gasteiger partial charge >= 0.3 is 12.3 Å². The van der Waals surface area contributed by atoms with Gasteiger partial charge in [-0.1, -0.05) is 17.7 Å². The van der Waals surface area contributed by atoms with Crippen LogP contribution in [0.5, 0.6) is 11.5 Å². The highest BCUT2D eigenvalue weighted by Crippen LogP contribution is 2.36. The van der Waals surface area contributed by atoms with Gasteiger partial charge in [0.2, 0.25) is 0 Å². The molecule has 1 heterocycles. The average Bonchev–Trinajstić information content (AvgIpc) is 3.08. The van der Waals surface area contributed by atoms with Gasteiger partial charge in [0.25, 0.3) is 0 Å². The van der Waals surface area contributed by atoms with Crippen molar-refractivity contribution in [2.24, 2.45) is 0 Å². The predicted octanol–water partition coefficient (Wildman–Crippen LogP) is 6.96. The minimum absolute atomic E-state index is 0.222. The van der Waals surface area contributed by atoms with E-state index in [1.807, 2.05) is 0 Å². The topological polar surface area (TPSA) is 77.8 Å². The van der Waals surface area contributed by atoms with Gasteiger partial charge in [-0.3, -0.25) is 4.79 Å². The molecular formula is C27H21ClF3NO5. The van der Waals surface area contributed by atoms with Crippen molar-refractivity contribution in [1.29, 1.82) is 0 Å². The molecule has 192 valence electrons. The number of hydrogen-bond donors (Lipinski definition) is 1. The van der Waals surface area contributed by atoms with Gasteiger partial charge < -0.3 is 19.1 Å². The van der Waals surface area contributed by atoms with E-state index in [2.05, 4.69) is 4.74 Å². The molecule has 6 nitrogen and oxygen atoms in total. The highest BCUT2D eigenvalue weighted by Gasteiger charge is 2.32. The Kier molecular flexibility index (Phi) is 6.68. The highest BCUT2D eigenvalue weighted by atomic mass is 35.5. The predicted molar refractivity (Wildman–Crippen MR) is 132 cm³/mol. The lowest BCUT2D eigenvalue weighted by molar-refractivity contribution is -0.274. The lowest BCUT2D eigenvalue weighted by atomic mass is 10.0. The number of rotatable bonds is 7. The first-order valence-corrected chi connectivity index (χ1v) is 11.4. The summed E-state index contributed by atoms with van der Waals surface area (Å²) in [6.07, 6.45) is -4.90. The van der Waals surface area contributed by atoms with Crippen LogP contribution in [0.25, 0.3) is 16.6 Å². The number of carboxylic acid groups (broad SMARTS) is 1. The fourth-order valence-corrected chi connectivity index (χ4v) is 4.11. The van der Waals surface area contributed by atoms with Gasteiger partial charge in [0.15, 0.2) is 11.4 Å². The Morgan fingerprint density at radius 1 is 0.919 bits per heavy atom. The summed E-state index contributed by atoms with van der Waals surface area (Å²) in [5.41, 5.74) is 0.284. The molecule has 0 radical (unpaired) electrons. The number of aromatic nitrogens is 1. The Balaban J connectivity index is 1.92. The molecule has 37 heavy (non-hydrogen) atoms. The van der Waals surface area contributed by atoms with Gasteiger partial charge in [-0.25, -0.2) is 4.79 Å². The number of carboxylic acids is 1. The first-order chi connectivity index (χ1) is 17.3. The molecule has 0 aliphatic rings. The van der Waals surface area contributed by atoms with Crippen LogP contribution >= 0.6 is 11.6 Å². The van der Waals surface area contributed by atoms with Gasteiger partial charge in [0.05, 0.1) is 11.1 Å². The van der Waals surface area contributed by atoms with E-state index in [0.29, 0.717) is 27.4 Å². The smallest absolute Gasteiger partial charge is 0.478 e. The molecule has 0 saturated carbocycles. The van der Waals surface area contributed by atoms with E-state index in [1.165, 1.54) is 26.0 Å². The molecule has 0 saturated heterocycles. The van der Waals surface area contributed by atoms with Crippen LogP contribution in [-0.2, 0) is 4.79 Å². The van der Waals surface area contributed by atoms with Gasteiger partial charge in [-0.05, 0) is 69.3 Å². The molecule has 0 unspecified atom stereocenters. The van der Waals surface area contributed by atoms with E-state index in [4.69, 9.17) is 16.3 Å². The standard InChI is InChI=1S/C27H21ClF3NO5/c1-15-23(24(33)16-7-9-17(28)10-8-16)21-12-11-20(37-27(29,30)31)14-22(21)32(15)18-5-4-6-19(13-18)36-26(2,3)25(34)35/h4-14H,1-3H3,(H,34,35). The fourth-order valence-electron chi connectivity index (χ4n) is 3.98. The molecule has 10 heteroatoms. The first kappa shape index (κ1) is 26.1. The van der Waals surface area contributed by atoms with Crippen LogP contribution < -0.4 is 9.47 Å². The Labute approximate surface area is 214 Å². The highest BCUT2D eigenvalue weighted by molar-refractivity contribution is 6.30. The van der Waals surface area contributed by atoms with E-state index in [1.54, 1.807) is 60.0 Å². The average molecular weight is 532 g/mol. The summed E-state index contributed by atoms with van der Waals surface area (Å²) in [6.45, 7) is 4.45. The van der Waals surface area contributed by atoms with Crippen molar-refractivity contribution >= 4 is 34.3 Å². The van der Waals surface area contributed by atoms with E-state index in [0.717, 1.165) is 6.07 Å². The molecule has 3 aromatic carbocycles. The molecule has 0 spiro atoms. The molecular weight excluding hydrogens is 511 g/mol. The molecule has 0 atom stereocenters. The van der Waals surface area contributed by atoms with Crippen molar-refractivity contribution in [3.05, 3.63) is 88.6 Å². The molecule has 0 aliphatic carbocycles. The number of benzene rings is 3. The Hall–Kier alpha value is -3.98. The van der Waals surface area contributed by atoms with E-state index in [9.17, 15) is 27.9 Å². The Morgan fingerprint density at radius 3 is 2.19 bits per heavy atom. The SMILES string of the molecule is Cc1c(C(=O)c2ccc(Cl)cc2)c2ccc(OC(F)(F)F)cc2n1-c1cccc(OC(C)(C)C(=O)O)c1. The number of ether oxygens (including phenoxy) is 2. The number of nitrogens with zero attached hydrogens (tertiary/aromatic N) is 1. The number of carbonyl (C=O) groups excluding carboxylic acids is 1. The molecule has 4 rings (SSSR count). The van der Waals surface area contributed by atoms with Crippen LogP contribution in [-0.4, -0.2) is 33.4 Å². The molecule has 0 fully saturated rings. The van der Waals surface area contributed by atoms with Gasteiger partial charge in [0.1, 0.15) is 11.5 Å². The summed E-state index contributed by atoms with van der Waals surface area (Å²) in [7, 11) is 0. The Bertz CT molecular complexity index is 1510. The Morgan fingerprint density at radius 2 is 1.57 bits per heavy atom. The van der Waals surface area contributed by atoms with Crippen molar-refractivity contribution in [3.63, 3.8) is 0 Å². The lowest BCUT2D eigenvalue weighted by Crippen LogP contribution is -2.37. The molecule has 0 bridgehead atoms. The normalized spacial score (nSPS) is 12.0. The number of ketones is 1. The minimum Gasteiger partial charge on any atom is -0.478 e. The third-order valence-electron chi connectivity index (χ3n) is 5.71. The summed E-state index contributed by atoms with van der Waals surface area (Å²) in [6, 6.07) is 16.4. The fraction of sp³-hybridized carbons (Fsp3) is 0.185. The van der Waals surface area contributed by atoms with Crippen molar-refractivity contribution in [2.45, 2.75) is 32.7 Å². The second kappa shape index (κ2) is 9.48. The molecule has 1 aromatic heterocycles. The summed E-state index contributed by atoms with van der Waals surface area (Å²) < 4.78 is 50.2. The number of carbonyl (C=O) groups is 2. The molecule has 0 aliphatic heterocycles. The number of halogens is 4. The summed E-state index contributed by atoms with van der Waals surface area (Å²) >= 11 is 5.95. The zero-order valence-electron chi connectivity index (χ0n) is 19.9. The largest absolute Gasteiger partial charge is 0.573 e. The maximum atomic E-state index is 13.5. The van der Waals surface area contributed by atoms with E-state index < -0.39 is 23.7 Å². The molecule has 4 aromatic rings. The van der Waals surface area contributed by atoms with Gasteiger partial charge in [-0.15, -0.1) is 13.2 Å².